The number of hydrogen-bond acceptors (Lipinski definition) is 7. The molecular formula is C25H28FN5O5. The van der Waals surface area contributed by atoms with Crippen LogP contribution in [0.4, 0.5) is 9.18 Å². The second-order valence-corrected chi connectivity index (χ2v) is 9.27. The molecule has 36 heavy (non-hydrogen) atoms. The van der Waals surface area contributed by atoms with Crippen molar-refractivity contribution in [2.75, 3.05) is 26.3 Å². The van der Waals surface area contributed by atoms with Gasteiger partial charge in [-0.15, -0.1) is 0 Å². The Balaban J connectivity index is 1.34. The van der Waals surface area contributed by atoms with Gasteiger partial charge in [-0.05, 0) is 56.7 Å². The summed E-state index contributed by atoms with van der Waals surface area (Å²) in [6.45, 7) is 2.70. The van der Waals surface area contributed by atoms with E-state index in [1.165, 1.54) is 18.5 Å². The highest BCUT2D eigenvalue weighted by Crippen LogP contribution is 2.38. The molecule has 0 radical (unpaired) electrons. The zero-order chi connectivity index (χ0) is 25.2. The van der Waals surface area contributed by atoms with Gasteiger partial charge in [-0.3, -0.25) is 4.79 Å². The van der Waals surface area contributed by atoms with Crippen LogP contribution in [0.15, 0.2) is 24.5 Å². The largest absolute Gasteiger partial charge is 0.493 e. The van der Waals surface area contributed by atoms with Crippen molar-refractivity contribution in [3.8, 4) is 22.8 Å². The number of fused-ring (bicyclic) bond motifs is 1. The Morgan fingerprint density at radius 1 is 1.22 bits per heavy atom. The van der Waals surface area contributed by atoms with Gasteiger partial charge in [0.1, 0.15) is 35.7 Å². The van der Waals surface area contributed by atoms with E-state index in [4.69, 9.17) is 14.6 Å². The molecule has 1 saturated carbocycles. The molecule has 5 rings (SSSR count). The van der Waals surface area contributed by atoms with E-state index in [-0.39, 0.29) is 17.7 Å². The summed E-state index contributed by atoms with van der Waals surface area (Å²) >= 11 is 0. The second kappa shape index (κ2) is 10.1. The van der Waals surface area contributed by atoms with Gasteiger partial charge in [0.2, 0.25) is 5.91 Å². The quantitative estimate of drug-likeness (QED) is 0.458. The summed E-state index contributed by atoms with van der Waals surface area (Å²) in [7, 11) is 0. The first-order chi connectivity index (χ1) is 17.4. The molecule has 1 aliphatic heterocycles. The van der Waals surface area contributed by atoms with E-state index >= 15 is 0 Å². The third kappa shape index (κ3) is 5.11. The lowest BCUT2D eigenvalue weighted by Crippen LogP contribution is -2.47. The number of piperidine rings is 1. The molecule has 0 unspecified atom stereocenters. The molecule has 3 aromatic rings. The van der Waals surface area contributed by atoms with Gasteiger partial charge in [-0.2, -0.15) is 0 Å². The van der Waals surface area contributed by atoms with Crippen LogP contribution in [0.2, 0.25) is 0 Å². The number of ether oxygens (including phenoxy) is 2. The number of benzene rings is 1. The van der Waals surface area contributed by atoms with Crippen molar-refractivity contribution in [1.29, 1.82) is 0 Å². The van der Waals surface area contributed by atoms with Crippen molar-refractivity contribution in [3.05, 3.63) is 36.0 Å². The Morgan fingerprint density at radius 3 is 2.72 bits per heavy atom. The molecule has 0 bridgehead atoms. The SMILES string of the molecule is Cc1[nH]c2c(-c3cc(F)ccc3OCC3CC3)ncnc2c1OC(=O)NC1CCN(C(=O)CO)CC1. The molecule has 1 saturated heterocycles. The first-order valence-corrected chi connectivity index (χ1v) is 12.1. The lowest BCUT2D eigenvalue weighted by molar-refractivity contribution is -0.135. The Kier molecular flexibility index (Phi) is 6.73. The van der Waals surface area contributed by atoms with Gasteiger partial charge in [0.05, 0.1) is 17.8 Å². The van der Waals surface area contributed by atoms with Crippen molar-refractivity contribution in [3.63, 3.8) is 0 Å². The van der Waals surface area contributed by atoms with Crippen molar-refractivity contribution < 1.29 is 28.6 Å². The molecule has 0 atom stereocenters. The zero-order valence-electron chi connectivity index (χ0n) is 19.9. The van der Waals surface area contributed by atoms with Gasteiger partial charge >= 0.3 is 6.09 Å². The summed E-state index contributed by atoms with van der Waals surface area (Å²) in [5, 5.41) is 11.8. The maximum Gasteiger partial charge on any atom is 0.412 e. The predicted molar refractivity (Wildman–Crippen MR) is 128 cm³/mol. The fraction of sp³-hybridized carbons (Fsp3) is 0.440. The van der Waals surface area contributed by atoms with Gasteiger partial charge in [-0.25, -0.2) is 19.2 Å². The minimum atomic E-state index is -0.634. The Bertz CT molecular complexity index is 1280. The smallest absolute Gasteiger partial charge is 0.412 e. The van der Waals surface area contributed by atoms with Crippen molar-refractivity contribution in [2.24, 2.45) is 5.92 Å². The summed E-state index contributed by atoms with van der Waals surface area (Å²) in [4.78, 5) is 37.7. The highest BCUT2D eigenvalue weighted by Gasteiger charge is 2.26. The van der Waals surface area contributed by atoms with Gasteiger partial charge in [0, 0.05) is 24.7 Å². The van der Waals surface area contributed by atoms with Crippen LogP contribution in [-0.2, 0) is 4.79 Å². The average molecular weight is 498 g/mol. The molecule has 10 nitrogen and oxygen atoms in total. The number of rotatable bonds is 7. The molecule has 2 fully saturated rings. The number of aryl methyl sites for hydroxylation is 1. The van der Waals surface area contributed by atoms with Gasteiger partial charge in [0.25, 0.3) is 0 Å². The molecule has 3 N–H and O–H groups in total. The number of carbonyl (C=O) groups is 2. The molecule has 1 aromatic carbocycles. The number of aromatic nitrogens is 3. The lowest BCUT2D eigenvalue weighted by atomic mass is 10.1. The fourth-order valence-electron chi connectivity index (χ4n) is 4.39. The van der Waals surface area contributed by atoms with Crippen LogP contribution in [0.5, 0.6) is 11.5 Å². The molecular weight excluding hydrogens is 469 g/mol. The fourth-order valence-corrected chi connectivity index (χ4v) is 4.39. The van der Waals surface area contributed by atoms with Crippen LogP contribution in [-0.4, -0.2) is 69.3 Å². The topological polar surface area (TPSA) is 130 Å². The number of aromatic amines is 1. The van der Waals surface area contributed by atoms with Crippen LogP contribution in [0, 0.1) is 18.7 Å². The van der Waals surface area contributed by atoms with E-state index in [1.807, 2.05) is 0 Å². The van der Waals surface area contributed by atoms with E-state index in [9.17, 15) is 14.0 Å². The van der Waals surface area contributed by atoms with Crippen molar-refractivity contribution >= 4 is 23.0 Å². The summed E-state index contributed by atoms with van der Waals surface area (Å²) < 4.78 is 25.8. The van der Waals surface area contributed by atoms with E-state index in [1.54, 1.807) is 17.9 Å². The molecule has 2 aliphatic rings. The standard InChI is InChI=1S/C25H28FN5O5/c1-14-24(36-25(34)30-17-6-8-31(9-7-17)20(33)11-32)23-22(29-14)21(27-13-28-23)18-10-16(26)4-5-19(18)35-12-15-2-3-15/h4-5,10,13,15,17,29,32H,2-3,6-9,11-12H2,1H3,(H,30,34). The third-order valence-corrected chi connectivity index (χ3v) is 6.58. The lowest BCUT2D eigenvalue weighted by Gasteiger charge is -2.31. The van der Waals surface area contributed by atoms with Crippen LogP contribution in [0.3, 0.4) is 0 Å². The number of amides is 2. The molecule has 2 amide bonds. The summed E-state index contributed by atoms with van der Waals surface area (Å²) in [6, 6.07) is 4.17. The van der Waals surface area contributed by atoms with Crippen LogP contribution in [0.25, 0.3) is 22.3 Å². The first-order valence-electron chi connectivity index (χ1n) is 12.1. The minimum absolute atomic E-state index is 0.158. The predicted octanol–water partition coefficient (Wildman–Crippen LogP) is 2.93. The number of hydrogen-bond donors (Lipinski definition) is 3. The highest BCUT2D eigenvalue weighted by atomic mass is 19.1. The molecule has 3 heterocycles. The Labute approximate surface area is 206 Å². The van der Waals surface area contributed by atoms with E-state index in [0.29, 0.717) is 72.2 Å². The van der Waals surface area contributed by atoms with Gasteiger partial charge < -0.3 is 29.8 Å². The maximum atomic E-state index is 14.2. The zero-order valence-corrected chi connectivity index (χ0v) is 19.9. The van der Waals surface area contributed by atoms with Crippen molar-refractivity contribution in [1.82, 2.24) is 25.2 Å². The second-order valence-electron chi connectivity index (χ2n) is 9.27. The van der Waals surface area contributed by atoms with Crippen LogP contribution >= 0.6 is 0 Å². The minimum Gasteiger partial charge on any atom is -0.493 e. The number of aliphatic hydroxyl groups excluding tert-OH is 1. The van der Waals surface area contributed by atoms with Crippen LogP contribution in [0.1, 0.15) is 31.4 Å². The summed E-state index contributed by atoms with van der Waals surface area (Å²) in [6.07, 6.45) is 4.09. The summed E-state index contributed by atoms with van der Waals surface area (Å²) in [5.74, 6) is 0.585. The van der Waals surface area contributed by atoms with E-state index in [0.717, 1.165) is 12.8 Å². The number of nitrogens with zero attached hydrogens (tertiary/aromatic N) is 3. The monoisotopic (exact) mass is 497 g/mol. The van der Waals surface area contributed by atoms with Crippen molar-refractivity contribution in [2.45, 2.75) is 38.6 Å². The average Bonchev–Trinajstić information content (AvgIpc) is 3.66. The first kappa shape index (κ1) is 24.0. The summed E-state index contributed by atoms with van der Waals surface area (Å²) in [5.41, 5.74) is 2.42. The van der Waals surface area contributed by atoms with E-state index in [2.05, 4.69) is 20.3 Å². The molecule has 1 aliphatic carbocycles. The molecule has 0 spiro atoms. The third-order valence-electron chi connectivity index (χ3n) is 6.58. The maximum absolute atomic E-state index is 14.2. The van der Waals surface area contributed by atoms with E-state index < -0.39 is 18.5 Å². The molecule has 2 aromatic heterocycles. The number of halogens is 1. The number of nitrogens with one attached hydrogen (secondary N) is 2. The normalized spacial score (nSPS) is 16.2. The number of H-pyrrole nitrogens is 1. The van der Waals surface area contributed by atoms with Crippen LogP contribution < -0.4 is 14.8 Å². The number of likely N-dealkylation sites (tertiary alicyclic amines) is 1. The molecule has 190 valence electrons. The Morgan fingerprint density at radius 2 is 2.00 bits per heavy atom. The Hall–Kier alpha value is -3.73. The van der Waals surface area contributed by atoms with Gasteiger partial charge in [-0.1, -0.05) is 0 Å². The number of carbonyl (C=O) groups excluding carboxylic acids is 2. The highest BCUT2D eigenvalue weighted by molar-refractivity contribution is 5.96. The molecule has 11 heteroatoms. The number of aliphatic hydroxyl groups is 1. The van der Waals surface area contributed by atoms with Gasteiger partial charge in [0.15, 0.2) is 5.75 Å².